The first-order valence-corrected chi connectivity index (χ1v) is 8.49. The minimum absolute atomic E-state index is 0. The fourth-order valence-electron chi connectivity index (χ4n) is 2.78. The quantitative estimate of drug-likeness (QED) is 0.783. The number of aromatic amines is 1. The maximum absolute atomic E-state index is 12.1. The minimum atomic E-state index is -0.490. The van der Waals surface area contributed by atoms with Crippen LogP contribution in [0.3, 0.4) is 0 Å². The maximum Gasteiger partial charge on any atom is 0.237 e. The van der Waals surface area contributed by atoms with Crippen LogP contribution in [0.15, 0.2) is 30.5 Å². The van der Waals surface area contributed by atoms with Crippen molar-refractivity contribution in [1.29, 1.82) is 0 Å². The lowest BCUT2D eigenvalue weighted by Crippen LogP contribution is -2.43. The predicted molar refractivity (Wildman–Crippen MR) is 95.7 cm³/mol. The summed E-state index contributed by atoms with van der Waals surface area (Å²) in [6.45, 7) is 0.741. The number of H-pyrrole nitrogens is 1. The van der Waals surface area contributed by atoms with Gasteiger partial charge in [0.2, 0.25) is 5.91 Å². The van der Waals surface area contributed by atoms with E-state index in [2.05, 4.69) is 16.4 Å². The van der Waals surface area contributed by atoms with Crippen LogP contribution >= 0.6 is 24.2 Å². The van der Waals surface area contributed by atoms with Gasteiger partial charge in [-0.3, -0.25) is 4.79 Å². The zero-order chi connectivity index (χ0) is 14.7. The fraction of sp³-hybridized carbons (Fsp3) is 0.438. The van der Waals surface area contributed by atoms with Crippen molar-refractivity contribution in [3.63, 3.8) is 0 Å². The Bertz CT molecular complexity index is 625. The topological polar surface area (TPSA) is 70.9 Å². The van der Waals surface area contributed by atoms with Crippen LogP contribution in [0, 0.1) is 0 Å². The van der Waals surface area contributed by atoms with Crippen LogP contribution in [-0.4, -0.2) is 34.5 Å². The van der Waals surface area contributed by atoms with Gasteiger partial charge in [-0.15, -0.1) is 12.4 Å². The summed E-state index contributed by atoms with van der Waals surface area (Å²) in [7, 11) is 0. The number of rotatable bonds is 5. The van der Waals surface area contributed by atoms with Crippen molar-refractivity contribution < 1.29 is 4.79 Å². The van der Waals surface area contributed by atoms with Gasteiger partial charge in [-0.25, -0.2) is 0 Å². The maximum atomic E-state index is 12.1. The lowest BCUT2D eigenvalue weighted by Gasteiger charge is -2.14. The van der Waals surface area contributed by atoms with Gasteiger partial charge in [0.15, 0.2) is 0 Å². The van der Waals surface area contributed by atoms with E-state index in [1.807, 2.05) is 36.2 Å². The number of para-hydroxylation sites is 1. The van der Waals surface area contributed by atoms with Crippen molar-refractivity contribution in [2.75, 3.05) is 12.3 Å². The van der Waals surface area contributed by atoms with Gasteiger partial charge in [0.05, 0.1) is 6.04 Å². The Labute approximate surface area is 141 Å². The molecule has 120 valence electrons. The van der Waals surface area contributed by atoms with Crippen molar-refractivity contribution in [3.05, 3.63) is 36.0 Å². The molecule has 4 nitrogen and oxygen atoms in total. The Kier molecular flexibility index (Phi) is 6.17. The lowest BCUT2D eigenvalue weighted by atomic mass is 10.1. The largest absolute Gasteiger partial charge is 0.361 e. The number of benzene rings is 1. The molecule has 2 aromatic rings. The van der Waals surface area contributed by atoms with Gasteiger partial charge in [0, 0.05) is 28.9 Å². The van der Waals surface area contributed by atoms with Crippen LogP contribution in [0.5, 0.6) is 0 Å². The molecule has 0 saturated carbocycles. The van der Waals surface area contributed by atoms with Crippen LogP contribution < -0.4 is 11.1 Å². The Morgan fingerprint density at radius 3 is 3.05 bits per heavy atom. The first-order valence-electron chi connectivity index (χ1n) is 7.44. The standard InChI is InChI=1S/C16H21N3OS.ClH/c17-14(16(20)19-10-12-4-3-7-21-12)8-11-9-18-15-6-2-1-5-13(11)15;/h1-2,5-6,9,12,14,18H,3-4,7-8,10,17H2,(H,19,20);1H/t12?,14-;/m0./s1. The van der Waals surface area contributed by atoms with Gasteiger partial charge < -0.3 is 16.0 Å². The molecule has 1 aliphatic heterocycles. The number of aromatic nitrogens is 1. The summed E-state index contributed by atoms with van der Waals surface area (Å²) < 4.78 is 0. The molecule has 0 bridgehead atoms. The summed E-state index contributed by atoms with van der Waals surface area (Å²) in [6, 6.07) is 7.59. The number of nitrogens with two attached hydrogens (primary N) is 1. The molecule has 1 amide bonds. The molecule has 1 saturated heterocycles. The fourth-order valence-corrected chi connectivity index (χ4v) is 3.98. The molecule has 2 heterocycles. The number of fused-ring (bicyclic) bond motifs is 1. The van der Waals surface area contributed by atoms with Gasteiger partial charge in [-0.05, 0) is 36.6 Å². The molecule has 6 heteroatoms. The summed E-state index contributed by atoms with van der Waals surface area (Å²) in [4.78, 5) is 15.3. The van der Waals surface area contributed by atoms with E-state index in [4.69, 9.17) is 5.73 Å². The van der Waals surface area contributed by atoms with E-state index in [1.54, 1.807) is 0 Å². The van der Waals surface area contributed by atoms with Crippen molar-refractivity contribution >= 4 is 41.0 Å². The highest BCUT2D eigenvalue weighted by Gasteiger charge is 2.19. The second-order valence-electron chi connectivity index (χ2n) is 5.55. The third kappa shape index (κ3) is 3.97. The lowest BCUT2D eigenvalue weighted by molar-refractivity contribution is -0.122. The SMILES string of the molecule is Cl.N[C@@H](Cc1c[nH]c2ccccc12)C(=O)NCC1CCCS1. The second kappa shape index (κ2) is 7.90. The molecule has 0 spiro atoms. The van der Waals surface area contributed by atoms with E-state index >= 15 is 0 Å². The van der Waals surface area contributed by atoms with Crippen LogP contribution in [0.4, 0.5) is 0 Å². The molecule has 22 heavy (non-hydrogen) atoms. The third-order valence-corrected chi connectivity index (χ3v) is 5.38. The van der Waals surface area contributed by atoms with Crippen molar-refractivity contribution in [1.82, 2.24) is 10.3 Å². The third-order valence-electron chi connectivity index (χ3n) is 3.98. The number of hydrogen-bond acceptors (Lipinski definition) is 3. The molecular formula is C16H22ClN3OS. The van der Waals surface area contributed by atoms with E-state index in [9.17, 15) is 4.79 Å². The number of carbonyl (C=O) groups excluding carboxylic acids is 1. The monoisotopic (exact) mass is 339 g/mol. The van der Waals surface area contributed by atoms with E-state index in [1.165, 1.54) is 18.6 Å². The number of nitrogens with one attached hydrogen (secondary N) is 2. The number of carbonyl (C=O) groups is 1. The van der Waals surface area contributed by atoms with Crippen LogP contribution in [0.25, 0.3) is 10.9 Å². The van der Waals surface area contributed by atoms with Gasteiger partial charge in [0.1, 0.15) is 0 Å². The molecule has 2 atom stereocenters. The molecule has 1 aliphatic rings. The van der Waals surface area contributed by atoms with Crippen molar-refractivity contribution in [2.24, 2.45) is 5.73 Å². The van der Waals surface area contributed by atoms with Gasteiger partial charge in [-0.2, -0.15) is 11.8 Å². The van der Waals surface area contributed by atoms with Crippen LogP contribution in [-0.2, 0) is 11.2 Å². The first-order chi connectivity index (χ1) is 10.2. The number of halogens is 1. The average molecular weight is 340 g/mol. The summed E-state index contributed by atoms with van der Waals surface area (Å²) in [5.74, 6) is 1.16. The van der Waals surface area contributed by atoms with Crippen LogP contribution in [0.1, 0.15) is 18.4 Å². The molecule has 0 aliphatic carbocycles. The Morgan fingerprint density at radius 1 is 1.45 bits per heavy atom. The van der Waals surface area contributed by atoms with Gasteiger partial charge in [-0.1, -0.05) is 18.2 Å². The number of hydrogen-bond donors (Lipinski definition) is 3. The van der Waals surface area contributed by atoms with Crippen molar-refractivity contribution in [2.45, 2.75) is 30.6 Å². The Balaban J connectivity index is 0.00000176. The summed E-state index contributed by atoms with van der Waals surface area (Å²) in [6.07, 6.45) is 4.97. The Hall–Kier alpha value is -1.17. The Morgan fingerprint density at radius 2 is 2.27 bits per heavy atom. The molecule has 1 aromatic heterocycles. The summed E-state index contributed by atoms with van der Waals surface area (Å²) in [5, 5.41) is 4.70. The molecule has 4 N–H and O–H groups in total. The molecular weight excluding hydrogens is 318 g/mol. The average Bonchev–Trinajstić information content (AvgIpc) is 3.15. The van der Waals surface area contributed by atoms with E-state index in [-0.39, 0.29) is 18.3 Å². The molecule has 1 aromatic carbocycles. The molecule has 0 radical (unpaired) electrons. The highest BCUT2D eigenvalue weighted by molar-refractivity contribution is 8.00. The number of amides is 1. The van der Waals surface area contributed by atoms with E-state index in [0.717, 1.165) is 23.0 Å². The zero-order valence-corrected chi connectivity index (χ0v) is 14.0. The predicted octanol–water partition coefficient (Wildman–Crippen LogP) is 2.47. The van der Waals surface area contributed by atoms with Gasteiger partial charge in [0.25, 0.3) is 0 Å². The summed E-state index contributed by atoms with van der Waals surface area (Å²) in [5.41, 5.74) is 8.24. The molecule has 1 unspecified atom stereocenters. The highest BCUT2D eigenvalue weighted by atomic mass is 35.5. The van der Waals surface area contributed by atoms with E-state index < -0.39 is 6.04 Å². The smallest absolute Gasteiger partial charge is 0.237 e. The van der Waals surface area contributed by atoms with Crippen LogP contribution in [0.2, 0.25) is 0 Å². The summed E-state index contributed by atoms with van der Waals surface area (Å²) >= 11 is 1.94. The van der Waals surface area contributed by atoms with Gasteiger partial charge >= 0.3 is 0 Å². The molecule has 3 rings (SSSR count). The normalized spacial score (nSPS) is 18.9. The van der Waals surface area contributed by atoms with Crippen molar-refractivity contribution in [3.8, 4) is 0 Å². The highest BCUT2D eigenvalue weighted by Crippen LogP contribution is 2.25. The first kappa shape index (κ1) is 17.2. The van der Waals surface area contributed by atoms with E-state index in [0.29, 0.717) is 11.7 Å². The zero-order valence-electron chi connectivity index (χ0n) is 12.4. The molecule has 1 fully saturated rings. The second-order valence-corrected chi connectivity index (χ2v) is 6.96. The number of thioether (sulfide) groups is 1. The minimum Gasteiger partial charge on any atom is -0.361 e.